The highest BCUT2D eigenvalue weighted by molar-refractivity contribution is 6.35. The van der Waals surface area contributed by atoms with Gasteiger partial charge >= 0.3 is 0 Å². The fraction of sp³-hybridized carbons (Fsp3) is 0.0833. The molecule has 0 atom stereocenters. The summed E-state index contributed by atoms with van der Waals surface area (Å²) in [5.41, 5.74) is 7.51. The predicted octanol–water partition coefficient (Wildman–Crippen LogP) is 3.07. The summed E-state index contributed by atoms with van der Waals surface area (Å²) in [5.74, 6) is 1.03. The number of halogens is 1. The van der Waals surface area contributed by atoms with Crippen molar-refractivity contribution in [3.63, 3.8) is 0 Å². The number of nitrogen functional groups attached to an aromatic ring is 1. The van der Waals surface area contributed by atoms with Crippen molar-refractivity contribution in [1.82, 2.24) is 9.72 Å². The van der Waals surface area contributed by atoms with Crippen molar-refractivity contribution in [3.8, 4) is 11.3 Å². The summed E-state index contributed by atoms with van der Waals surface area (Å²) in [7, 11) is 1.95. The zero-order valence-corrected chi connectivity index (χ0v) is 9.90. The molecule has 0 bridgehead atoms. The number of anilines is 1. The second-order valence-corrected chi connectivity index (χ2v) is 4.34. The molecule has 86 valence electrons. The summed E-state index contributed by atoms with van der Waals surface area (Å²) in [6.07, 6.45) is 1.88. The molecular formula is C12H10ClN3O. The minimum absolute atomic E-state index is 0.380. The average Bonchev–Trinajstić information content (AvgIpc) is 2.85. The van der Waals surface area contributed by atoms with Gasteiger partial charge in [0.25, 0.3) is 0 Å². The van der Waals surface area contributed by atoms with E-state index >= 15 is 0 Å². The van der Waals surface area contributed by atoms with Crippen molar-refractivity contribution < 1.29 is 4.52 Å². The van der Waals surface area contributed by atoms with Crippen LogP contribution in [-0.2, 0) is 7.05 Å². The molecule has 17 heavy (non-hydrogen) atoms. The van der Waals surface area contributed by atoms with Crippen LogP contribution in [0.5, 0.6) is 0 Å². The molecule has 3 aromatic rings. The van der Waals surface area contributed by atoms with Crippen LogP contribution < -0.4 is 5.73 Å². The van der Waals surface area contributed by atoms with Crippen LogP contribution in [0.1, 0.15) is 0 Å². The van der Waals surface area contributed by atoms with E-state index in [1.54, 1.807) is 6.07 Å². The molecule has 0 fully saturated rings. The van der Waals surface area contributed by atoms with Crippen molar-refractivity contribution in [3.05, 3.63) is 35.5 Å². The maximum Gasteiger partial charge on any atom is 0.169 e. The minimum atomic E-state index is 0.380. The molecule has 2 N–H and O–H groups in total. The van der Waals surface area contributed by atoms with E-state index in [-0.39, 0.29) is 0 Å². The van der Waals surface area contributed by atoms with Crippen LogP contribution >= 0.6 is 11.6 Å². The van der Waals surface area contributed by atoms with Gasteiger partial charge < -0.3 is 14.8 Å². The highest BCUT2D eigenvalue weighted by Gasteiger charge is 2.09. The Labute approximate surface area is 103 Å². The SMILES string of the molecule is Cn1cc(Cl)c2ccc(-c3cc(N)no3)cc21. The molecule has 0 amide bonds. The van der Waals surface area contributed by atoms with Gasteiger partial charge in [-0.2, -0.15) is 0 Å². The Hall–Kier alpha value is -1.94. The third-order valence-electron chi connectivity index (χ3n) is 2.75. The smallest absolute Gasteiger partial charge is 0.169 e. The van der Waals surface area contributed by atoms with Crippen LogP contribution in [0.2, 0.25) is 5.02 Å². The van der Waals surface area contributed by atoms with E-state index in [1.807, 2.05) is 36.0 Å². The van der Waals surface area contributed by atoms with Gasteiger partial charge in [-0.15, -0.1) is 0 Å². The van der Waals surface area contributed by atoms with Gasteiger partial charge in [-0.1, -0.05) is 28.9 Å². The molecule has 0 aliphatic carbocycles. The van der Waals surface area contributed by atoms with Crippen LogP contribution in [0.15, 0.2) is 35.0 Å². The fourth-order valence-electron chi connectivity index (χ4n) is 1.91. The molecule has 0 saturated carbocycles. The minimum Gasteiger partial charge on any atom is -0.381 e. The van der Waals surface area contributed by atoms with Crippen molar-refractivity contribution in [2.24, 2.45) is 7.05 Å². The molecule has 2 heterocycles. The highest BCUT2D eigenvalue weighted by Crippen LogP contribution is 2.30. The van der Waals surface area contributed by atoms with Gasteiger partial charge in [-0.3, -0.25) is 0 Å². The van der Waals surface area contributed by atoms with Gasteiger partial charge in [-0.05, 0) is 6.07 Å². The largest absolute Gasteiger partial charge is 0.381 e. The lowest BCUT2D eigenvalue weighted by atomic mass is 10.1. The molecule has 0 radical (unpaired) electrons. The van der Waals surface area contributed by atoms with Crippen molar-refractivity contribution in [2.75, 3.05) is 5.73 Å². The molecular weight excluding hydrogens is 238 g/mol. The first-order chi connectivity index (χ1) is 8.15. The van der Waals surface area contributed by atoms with Crippen LogP contribution in [0.4, 0.5) is 5.82 Å². The molecule has 5 heteroatoms. The van der Waals surface area contributed by atoms with Crippen LogP contribution in [0.3, 0.4) is 0 Å². The van der Waals surface area contributed by atoms with E-state index in [4.69, 9.17) is 21.9 Å². The summed E-state index contributed by atoms with van der Waals surface area (Å²) in [6, 6.07) is 7.60. The second kappa shape index (κ2) is 3.53. The normalized spacial score (nSPS) is 11.2. The zero-order chi connectivity index (χ0) is 12.0. The predicted molar refractivity (Wildman–Crippen MR) is 67.8 cm³/mol. The number of benzene rings is 1. The highest BCUT2D eigenvalue weighted by atomic mass is 35.5. The van der Waals surface area contributed by atoms with E-state index in [0.717, 1.165) is 21.5 Å². The van der Waals surface area contributed by atoms with Gasteiger partial charge in [0.05, 0.1) is 10.5 Å². The monoisotopic (exact) mass is 247 g/mol. The molecule has 0 unspecified atom stereocenters. The number of aryl methyl sites for hydroxylation is 1. The average molecular weight is 248 g/mol. The van der Waals surface area contributed by atoms with E-state index in [1.165, 1.54) is 0 Å². The molecule has 1 aromatic carbocycles. The standard InChI is InChI=1S/C12H10ClN3O/c1-16-6-9(13)8-3-2-7(4-10(8)16)11-5-12(14)15-17-11/h2-6H,1H3,(H2,14,15). The van der Waals surface area contributed by atoms with E-state index in [0.29, 0.717) is 11.6 Å². The maximum absolute atomic E-state index is 6.10. The first-order valence-corrected chi connectivity index (χ1v) is 5.50. The van der Waals surface area contributed by atoms with Crippen molar-refractivity contribution in [1.29, 1.82) is 0 Å². The van der Waals surface area contributed by atoms with E-state index in [2.05, 4.69) is 5.16 Å². The number of rotatable bonds is 1. The van der Waals surface area contributed by atoms with Gasteiger partial charge in [0.1, 0.15) is 0 Å². The molecule has 4 nitrogen and oxygen atoms in total. The lowest BCUT2D eigenvalue weighted by Crippen LogP contribution is -1.84. The molecule has 0 saturated heterocycles. The lowest BCUT2D eigenvalue weighted by molar-refractivity contribution is 0.436. The molecule has 0 spiro atoms. The maximum atomic E-state index is 6.10. The summed E-state index contributed by atoms with van der Waals surface area (Å²) in [4.78, 5) is 0. The van der Waals surface area contributed by atoms with Gasteiger partial charge in [0, 0.05) is 30.3 Å². The van der Waals surface area contributed by atoms with Crippen LogP contribution in [-0.4, -0.2) is 9.72 Å². The molecule has 2 aromatic heterocycles. The van der Waals surface area contributed by atoms with Gasteiger partial charge in [0.15, 0.2) is 11.6 Å². The van der Waals surface area contributed by atoms with Crippen molar-refractivity contribution >= 4 is 28.3 Å². The van der Waals surface area contributed by atoms with Gasteiger partial charge in [-0.25, -0.2) is 0 Å². The second-order valence-electron chi connectivity index (χ2n) is 3.94. The number of hydrogen-bond donors (Lipinski definition) is 1. The quantitative estimate of drug-likeness (QED) is 0.719. The van der Waals surface area contributed by atoms with Crippen molar-refractivity contribution in [2.45, 2.75) is 0 Å². The Kier molecular flexibility index (Phi) is 2.12. The number of aromatic nitrogens is 2. The summed E-state index contributed by atoms with van der Waals surface area (Å²) >= 11 is 6.10. The first kappa shape index (κ1) is 10.2. The first-order valence-electron chi connectivity index (χ1n) is 5.12. The Morgan fingerprint density at radius 1 is 1.35 bits per heavy atom. The Balaban J connectivity index is 2.22. The Morgan fingerprint density at radius 2 is 2.18 bits per heavy atom. The van der Waals surface area contributed by atoms with E-state index in [9.17, 15) is 0 Å². The van der Waals surface area contributed by atoms with E-state index < -0.39 is 0 Å². The van der Waals surface area contributed by atoms with Gasteiger partial charge in [0.2, 0.25) is 0 Å². The number of nitrogens with two attached hydrogens (primary N) is 1. The Morgan fingerprint density at radius 3 is 2.88 bits per heavy atom. The summed E-state index contributed by atoms with van der Waals surface area (Å²) in [6.45, 7) is 0. The summed E-state index contributed by atoms with van der Waals surface area (Å²) in [5, 5.41) is 5.43. The number of nitrogens with zero attached hydrogens (tertiary/aromatic N) is 2. The van der Waals surface area contributed by atoms with Crippen LogP contribution in [0, 0.1) is 0 Å². The molecule has 3 rings (SSSR count). The van der Waals surface area contributed by atoms with Crippen LogP contribution in [0.25, 0.3) is 22.2 Å². The number of fused-ring (bicyclic) bond motifs is 1. The third kappa shape index (κ3) is 1.57. The lowest BCUT2D eigenvalue weighted by Gasteiger charge is -1.99. The molecule has 0 aliphatic rings. The Bertz CT molecular complexity index is 699. The summed E-state index contributed by atoms with van der Waals surface area (Å²) < 4.78 is 7.10. The zero-order valence-electron chi connectivity index (χ0n) is 9.14. The number of hydrogen-bond acceptors (Lipinski definition) is 3. The third-order valence-corrected chi connectivity index (χ3v) is 3.06. The fourth-order valence-corrected chi connectivity index (χ4v) is 2.22. The topological polar surface area (TPSA) is 57.0 Å². The molecule has 0 aliphatic heterocycles.